The minimum Gasteiger partial charge on any atom is -0.466 e. The number of amides is 1. The van der Waals surface area contributed by atoms with Crippen molar-refractivity contribution in [1.82, 2.24) is 5.32 Å². The van der Waals surface area contributed by atoms with Gasteiger partial charge in [-0.05, 0) is 57.8 Å². The van der Waals surface area contributed by atoms with Crippen molar-refractivity contribution in [2.24, 2.45) is 0 Å². The van der Waals surface area contributed by atoms with Gasteiger partial charge in [-0.3, -0.25) is 9.59 Å². The van der Waals surface area contributed by atoms with Gasteiger partial charge >= 0.3 is 5.97 Å². The molecule has 0 radical (unpaired) electrons. The maximum atomic E-state index is 12.5. The zero-order valence-electron chi connectivity index (χ0n) is 41.6. The van der Waals surface area contributed by atoms with Crippen molar-refractivity contribution >= 4 is 11.9 Å². The summed E-state index contributed by atoms with van der Waals surface area (Å²) in [6, 6.07) is -0.546. The molecule has 1 amide bonds. The first-order valence-electron chi connectivity index (χ1n) is 27.6. The molecule has 3 N–H and O–H groups in total. The number of aliphatic hydroxyl groups excluding tert-OH is 2. The first-order chi connectivity index (χ1) is 30.5. The van der Waals surface area contributed by atoms with E-state index in [-0.39, 0.29) is 18.5 Å². The van der Waals surface area contributed by atoms with Gasteiger partial charge in [0.25, 0.3) is 0 Å². The smallest absolute Gasteiger partial charge is 0.305 e. The number of allylic oxidation sites excluding steroid dienone is 4. The summed E-state index contributed by atoms with van der Waals surface area (Å²) in [5.74, 6) is -0.0523. The number of hydrogen-bond donors (Lipinski definition) is 3. The normalized spacial score (nSPS) is 12.8. The number of hydrogen-bond acceptors (Lipinski definition) is 5. The van der Waals surface area contributed by atoms with Crippen LogP contribution in [0.4, 0.5) is 0 Å². The molecule has 6 nitrogen and oxygen atoms in total. The lowest BCUT2D eigenvalue weighted by Gasteiger charge is -2.22. The third-order valence-corrected chi connectivity index (χ3v) is 12.8. The summed E-state index contributed by atoms with van der Waals surface area (Å²) in [4.78, 5) is 24.5. The Kier molecular flexibility index (Phi) is 50.6. The lowest BCUT2D eigenvalue weighted by molar-refractivity contribution is -0.143. The van der Waals surface area contributed by atoms with Crippen LogP contribution in [0.3, 0.4) is 0 Å². The average Bonchev–Trinajstić information content (AvgIpc) is 3.27. The molecule has 0 heterocycles. The van der Waals surface area contributed by atoms with Gasteiger partial charge in [-0.25, -0.2) is 0 Å². The summed E-state index contributed by atoms with van der Waals surface area (Å²) in [7, 11) is 0. The number of nitrogens with one attached hydrogen (secondary N) is 1. The number of ether oxygens (including phenoxy) is 1. The minimum absolute atomic E-state index is 0.0107. The molecule has 62 heavy (non-hydrogen) atoms. The summed E-state index contributed by atoms with van der Waals surface area (Å²) in [5, 5.41) is 23.2. The highest BCUT2D eigenvalue weighted by Gasteiger charge is 2.20. The molecule has 0 aliphatic rings. The molecule has 0 bridgehead atoms. The first-order valence-corrected chi connectivity index (χ1v) is 27.6. The summed E-state index contributed by atoms with van der Waals surface area (Å²) in [6.45, 7) is 4.91. The van der Waals surface area contributed by atoms with Crippen molar-refractivity contribution in [3.05, 3.63) is 24.3 Å². The molecule has 0 saturated heterocycles. The quantitative estimate of drug-likeness (QED) is 0.0321. The molecule has 0 rings (SSSR count). The summed E-state index contributed by atoms with van der Waals surface area (Å²) < 4.78 is 5.46. The highest BCUT2D eigenvalue weighted by Crippen LogP contribution is 2.17. The Morgan fingerprint density at radius 1 is 0.452 bits per heavy atom. The third kappa shape index (κ3) is 47.8. The van der Waals surface area contributed by atoms with E-state index in [1.807, 2.05) is 0 Å². The summed E-state index contributed by atoms with van der Waals surface area (Å²) in [5.41, 5.74) is 0. The molecule has 0 aromatic rings. The van der Waals surface area contributed by atoms with Crippen molar-refractivity contribution in [1.29, 1.82) is 0 Å². The van der Waals surface area contributed by atoms with Crippen molar-refractivity contribution in [2.45, 2.75) is 309 Å². The fourth-order valence-corrected chi connectivity index (χ4v) is 8.49. The van der Waals surface area contributed by atoms with Gasteiger partial charge in [0.05, 0.1) is 25.4 Å². The highest BCUT2D eigenvalue weighted by molar-refractivity contribution is 5.76. The second-order valence-electron chi connectivity index (χ2n) is 18.9. The van der Waals surface area contributed by atoms with E-state index in [1.54, 1.807) is 0 Å². The molecule has 366 valence electrons. The molecule has 6 heteroatoms. The zero-order valence-corrected chi connectivity index (χ0v) is 41.6. The minimum atomic E-state index is -0.668. The molecule has 0 aliphatic carbocycles. The third-order valence-electron chi connectivity index (χ3n) is 12.8. The topological polar surface area (TPSA) is 95.9 Å². The zero-order chi connectivity index (χ0) is 45.1. The number of carbonyl (C=O) groups is 2. The lowest BCUT2D eigenvalue weighted by Crippen LogP contribution is -2.45. The Morgan fingerprint density at radius 2 is 0.806 bits per heavy atom. The van der Waals surface area contributed by atoms with Crippen LogP contribution in [0.25, 0.3) is 0 Å². The largest absolute Gasteiger partial charge is 0.466 e. The second-order valence-corrected chi connectivity index (χ2v) is 18.9. The SMILES string of the molecule is CCCCC/C=C\C/C=C\CCCCCCCC(=O)OCCCCCCCCCCCCCCCCCCC(=O)NC(CO)C(O)CCCCCCCCCCCCCCCC. The first kappa shape index (κ1) is 60.3. The van der Waals surface area contributed by atoms with Crippen LogP contribution in [-0.4, -0.2) is 47.4 Å². The molecular weight excluding hydrogens is 767 g/mol. The number of esters is 1. The van der Waals surface area contributed by atoms with E-state index < -0.39 is 12.1 Å². The van der Waals surface area contributed by atoms with E-state index in [0.717, 1.165) is 57.8 Å². The maximum absolute atomic E-state index is 12.5. The van der Waals surface area contributed by atoms with Crippen LogP contribution in [0, 0.1) is 0 Å². The van der Waals surface area contributed by atoms with Crippen LogP contribution in [0.1, 0.15) is 296 Å². The molecular formula is C56H107NO5. The Balaban J connectivity index is 3.43. The van der Waals surface area contributed by atoms with Gasteiger partial charge in [-0.2, -0.15) is 0 Å². The van der Waals surface area contributed by atoms with Gasteiger partial charge in [0, 0.05) is 12.8 Å². The number of unbranched alkanes of at least 4 members (excludes halogenated alkanes) is 36. The van der Waals surface area contributed by atoms with Gasteiger partial charge in [0.2, 0.25) is 5.91 Å². The van der Waals surface area contributed by atoms with Crippen LogP contribution in [0.2, 0.25) is 0 Å². The summed E-state index contributed by atoms with van der Waals surface area (Å²) in [6.07, 6.45) is 61.5. The molecule has 0 aliphatic heterocycles. The summed E-state index contributed by atoms with van der Waals surface area (Å²) >= 11 is 0. The Hall–Kier alpha value is -1.66. The van der Waals surface area contributed by atoms with Crippen LogP contribution in [-0.2, 0) is 14.3 Å². The molecule has 0 aromatic heterocycles. The van der Waals surface area contributed by atoms with E-state index in [9.17, 15) is 19.8 Å². The van der Waals surface area contributed by atoms with E-state index in [0.29, 0.717) is 25.9 Å². The lowest BCUT2D eigenvalue weighted by atomic mass is 10.0. The van der Waals surface area contributed by atoms with Crippen molar-refractivity contribution in [3.8, 4) is 0 Å². The molecule has 0 saturated carbocycles. The fraction of sp³-hybridized carbons (Fsp3) is 0.893. The predicted molar refractivity (Wildman–Crippen MR) is 269 cm³/mol. The van der Waals surface area contributed by atoms with E-state index in [1.165, 1.54) is 205 Å². The van der Waals surface area contributed by atoms with Crippen LogP contribution in [0.15, 0.2) is 24.3 Å². The Morgan fingerprint density at radius 3 is 1.26 bits per heavy atom. The average molecular weight is 874 g/mol. The standard InChI is InChI=1S/C56H107NO5/c1-3-5-7-9-11-13-15-17-21-26-30-34-38-42-46-50-56(61)62-51-47-43-39-35-31-27-23-20-19-22-25-29-33-37-41-45-49-55(60)57-53(52-58)54(59)48-44-40-36-32-28-24-18-16-14-12-10-8-6-4-2/h11,13,17,21,53-54,58-59H,3-10,12,14-16,18-20,22-52H2,1-2H3,(H,57,60)/b13-11-,21-17-. The highest BCUT2D eigenvalue weighted by atomic mass is 16.5. The molecule has 0 aromatic carbocycles. The number of rotatable bonds is 51. The predicted octanol–water partition coefficient (Wildman–Crippen LogP) is 16.7. The van der Waals surface area contributed by atoms with Gasteiger partial charge in [0.15, 0.2) is 0 Å². The molecule has 0 fully saturated rings. The van der Waals surface area contributed by atoms with Crippen molar-refractivity contribution < 1.29 is 24.5 Å². The molecule has 2 atom stereocenters. The second kappa shape index (κ2) is 52.0. The van der Waals surface area contributed by atoms with Crippen LogP contribution >= 0.6 is 0 Å². The van der Waals surface area contributed by atoms with Crippen molar-refractivity contribution in [2.75, 3.05) is 13.2 Å². The molecule has 2 unspecified atom stereocenters. The fourth-order valence-electron chi connectivity index (χ4n) is 8.49. The maximum Gasteiger partial charge on any atom is 0.305 e. The van der Waals surface area contributed by atoms with Crippen LogP contribution in [0.5, 0.6) is 0 Å². The van der Waals surface area contributed by atoms with Gasteiger partial charge in [-0.1, -0.05) is 250 Å². The Bertz CT molecular complexity index is 966. The van der Waals surface area contributed by atoms with E-state index in [4.69, 9.17) is 4.74 Å². The van der Waals surface area contributed by atoms with Crippen LogP contribution < -0.4 is 5.32 Å². The molecule has 0 spiro atoms. The van der Waals surface area contributed by atoms with E-state index in [2.05, 4.69) is 43.5 Å². The van der Waals surface area contributed by atoms with E-state index >= 15 is 0 Å². The number of aliphatic hydroxyl groups is 2. The number of carbonyl (C=O) groups excluding carboxylic acids is 2. The van der Waals surface area contributed by atoms with Gasteiger partial charge in [-0.15, -0.1) is 0 Å². The van der Waals surface area contributed by atoms with Gasteiger partial charge in [0.1, 0.15) is 0 Å². The monoisotopic (exact) mass is 874 g/mol. The van der Waals surface area contributed by atoms with Gasteiger partial charge < -0.3 is 20.3 Å². The van der Waals surface area contributed by atoms with Crippen molar-refractivity contribution in [3.63, 3.8) is 0 Å². The Labute approximate surface area is 386 Å².